The lowest BCUT2D eigenvalue weighted by Crippen LogP contribution is -2.14. The molecular formula is C11H14O5. The zero-order valence-corrected chi connectivity index (χ0v) is 9.23. The Morgan fingerprint density at radius 2 is 2.12 bits per heavy atom. The van der Waals surface area contributed by atoms with Crippen molar-refractivity contribution in [3.8, 4) is 17.2 Å². The van der Waals surface area contributed by atoms with Gasteiger partial charge in [0.15, 0.2) is 18.1 Å². The summed E-state index contributed by atoms with van der Waals surface area (Å²) >= 11 is 0. The molecule has 0 bridgehead atoms. The van der Waals surface area contributed by atoms with Crippen molar-refractivity contribution in [1.82, 2.24) is 0 Å². The van der Waals surface area contributed by atoms with Crippen LogP contribution in [0.1, 0.15) is 6.92 Å². The van der Waals surface area contributed by atoms with Gasteiger partial charge in [0, 0.05) is 6.07 Å². The number of rotatable bonds is 5. The van der Waals surface area contributed by atoms with Gasteiger partial charge in [-0.05, 0) is 19.1 Å². The Hall–Kier alpha value is -1.91. The van der Waals surface area contributed by atoms with Gasteiger partial charge in [0.1, 0.15) is 5.75 Å². The third kappa shape index (κ3) is 3.34. The zero-order chi connectivity index (χ0) is 12.0. The first-order valence-corrected chi connectivity index (χ1v) is 4.82. The van der Waals surface area contributed by atoms with Gasteiger partial charge in [-0.15, -0.1) is 0 Å². The van der Waals surface area contributed by atoms with Gasteiger partial charge in [-0.25, -0.2) is 4.79 Å². The monoisotopic (exact) mass is 226 g/mol. The predicted molar refractivity (Wildman–Crippen MR) is 56.8 cm³/mol. The maximum absolute atomic E-state index is 11.0. The summed E-state index contributed by atoms with van der Waals surface area (Å²) in [5.41, 5.74) is 0. The van der Waals surface area contributed by atoms with E-state index in [1.807, 2.05) is 0 Å². The summed E-state index contributed by atoms with van der Waals surface area (Å²) in [6.45, 7) is 1.85. The highest BCUT2D eigenvalue weighted by atomic mass is 16.6. The lowest BCUT2D eigenvalue weighted by atomic mass is 10.3. The highest BCUT2D eigenvalue weighted by Crippen LogP contribution is 2.30. The molecule has 1 rings (SSSR count). The Morgan fingerprint density at radius 1 is 1.38 bits per heavy atom. The van der Waals surface area contributed by atoms with Gasteiger partial charge in [-0.1, -0.05) is 0 Å². The molecule has 0 saturated heterocycles. The topological polar surface area (TPSA) is 65.0 Å². The van der Waals surface area contributed by atoms with E-state index < -0.39 is 5.97 Å². The van der Waals surface area contributed by atoms with E-state index in [9.17, 15) is 9.90 Å². The molecule has 0 aliphatic heterocycles. The SMILES string of the molecule is CCOC(=O)COc1ccc(O)cc1OC. The largest absolute Gasteiger partial charge is 0.508 e. The number of aromatic hydroxyl groups is 1. The van der Waals surface area contributed by atoms with Crippen molar-refractivity contribution in [2.45, 2.75) is 6.92 Å². The molecule has 0 aromatic heterocycles. The third-order valence-corrected chi connectivity index (χ3v) is 1.80. The van der Waals surface area contributed by atoms with Gasteiger partial charge in [0.25, 0.3) is 0 Å². The third-order valence-electron chi connectivity index (χ3n) is 1.80. The van der Waals surface area contributed by atoms with Crippen molar-refractivity contribution in [2.24, 2.45) is 0 Å². The molecule has 1 N–H and O–H groups in total. The highest BCUT2D eigenvalue weighted by molar-refractivity contribution is 5.71. The van der Waals surface area contributed by atoms with Gasteiger partial charge >= 0.3 is 5.97 Å². The normalized spacial score (nSPS) is 9.62. The molecule has 0 saturated carbocycles. The number of phenolic OH excluding ortho intramolecular Hbond substituents is 1. The van der Waals surface area contributed by atoms with E-state index in [0.29, 0.717) is 18.1 Å². The van der Waals surface area contributed by atoms with Crippen LogP contribution in [0, 0.1) is 0 Å². The number of carbonyl (C=O) groups is 1. The molecule has 0 spiro atoms. The van der Waals surface area contributed by atoms with Crippen molar-refractivity contribution in [1.29, 1.82) is 0 Å². The number of benzene rings is 1. The van der Waals surface area contributed by atoms with E-state index in [4.69, 9.17) is 14.2 Å². The minimum absolute atomic E-state index is 0.0698. The molecular weight excluding hydrogens is 212 g/mol. The summed E-state index contributed by atoms with van der Waals surface area (Å²) in [5.74, 6) is 0.371. The maximum Gasteiger partial charge on any atom is 0.344 e. The van der Waals surface area contributed by atoms with Crippen molar-refractivity contribution < 1.29 is 24.1 Å². The molecule has 0 aliphatic carbocycles. The fraction of sp³-hybridized carbons (Fsp3) is 0.364. The second kappa shape index (κ2) is 5.85. The van der Waals surface area contributed by atoms with Crippen LogP contribution in [-0.2, 0) is 9.53 Å². The molecule has 5 heteroatoms. The fourth-order valence-corrected chi connectivity index (χ4v) is 1.11. The van der Waals surface area contributed by atoms with E-state index >= 15 is 0 Å². The quantitative estimate of drug-likeness (QED) is 0.767. The van der Waals surface area contributed by atoms with Gasteiger partial charge in [0.05, 0.1) is 13.7 Å². The van der Waals surface area contributed by atoms with Crippen LogP contribution in [0.15, 0.2) is 18.2 Å². The lowest BCUT2D eigenvalue weighted by Gasteiger charge is -2.10. The van der Waals surface area contributed by atoms with Crippen LogP contribution in [0.3, 0.4) is 0 Å². The fourth-order valence-electron chi connectivity index (χ4n) is 1.11. The molecule has 5 nitrogen and oxygen atoms in total. The maximum atomic E-state index is 11.0. The van der Waals surface area contributed by atoms with E-state index in [2.05, 4.69) is 0 Å². The Kier molecular flexibility index (Phi) is 4.44. The summed E-state index contributed by atoms with van der Waals surface area (Å²) in [7, 11) is 1.45. The van der Waals surface area contributed by atoms with Crippen LogP contribution >= 0.6 is 0 Å². The van der Waals surface area contributed by atoms with Crippen LogP contribution in [0.2, 0.25) is 0 Å². The number of phenols is 1. The lowest BCUT2D eigenvalue weighted by molar-refractivity contribution is -0.145. The van der Waals surface area contributed by atoms with Gasteiger partial charge < -0.3 is 19.3 Å². The summed E-state index contributed by atoms with van der Waals surface area (Å²) in [5, 5.41) is 9.20. The molecule has 0 unspecified atom stereocenters. The van der Waals surface area contributed by atoms with E-state index in [1.165, 1.54) is 25.3 Å². The zero-order valence-electron chi connectivity index (χ0n) is 9.23. The number of esters is 1. The minimum atomic E-state index is -0.447. The van der Waals surface area contributed by atoms with Crippen molar-refractivity contribution >= 4 is 5.97 Å². The molecule has 0 radical (unpaired) electrons. The summed E-state index contributed by atoms with van der Waals surface area (Å²) in [4.78, 5) is 11.0. The first kappa shape index (κ1) is 12.2. The van der Waals surface area contributed by atoms with Crippen molar-refractivity contribution in [2.75, 3.05) is 20.3 Å². The first-order valence-electron chi connectivity index (χ1n) is 4.82. The number of hydrogen-bond acceptors (Lipinski definition) is 5. The number of methoxy groups -OCH3 is 1. The van der Waals surface area contributed by atoms with Crippen LogP contribution in [0.25, 0.3) is 0 Å². The molecule has 88 valence electrons. The van der Waals surface area contributed by atoms with Gasteiger partial charge in [-0.3, -0.25) is 0 Å². The smallest absolute Gasteiger partial charge is 0.344 e. The Balaban J connectivity index is 2.63. The molecule has 0 fully saturated rings. The second-order valence-electron chi connectivity index (χ2n) is 2.93. The summed E-state index contributed by atoms with van der Waals surface area (Å²) in [6.07, 6.45) is 0. The number of ether oxygens (including phenoxy) is 3. The Labute approximate surface area is 93.6 Å². The molecule has 16 heavy (non-hydrogen) atoms. The molecule has 0 aliphatic rings. The van der Waals surface area contributed by atoms with Crippen LogP contribution in [0.5, 0.6) is 17.2 Å². The average molecular weight is 226 g/mol. The summed E-state index contributed by atoms with van der Waals surface area (Å²) < 4.78 is 14.9. The van der Waals surface area contributed by atoms with Gasteiger partial charge in [-0.2, -0.15) is 0 Å². The number of hydrogen-bond donors (Lipinski definition) is 1. The molecule has 0 atom stereocenters. The Bertz CT molecular complexity index is 361. The van der Waals surface area contributed by atoms with Gasteiger partial charge in [0.2, 0.25) is 0 Å². The highest BCUT2D eigenvalue weighted by Gasteiger charge is 2.08. The molecule has 1 aromatic carbocycles. The molecule has 0 amide bonds. The standard InChI is InChI=1S/C11H14O5/c1-3-15-11(13)7-16-9-5-4-8(12)6-10(9)14-2/h4-6,12H,3,7H2,1-2H3. The van der Waals surface area contributed by atoms with Crippen molar-refractivity contribution in [3.63, 3.8) is 0 Å². The van der Waals surface area contributed by atoms with Crippen LogP contribution in [-0.4, -0.2) is 31.4 Å². The average Bonchev–Trinajstić information content (AvgIpc) is 2.27. The predicted octanol–water partition coefficient (Wildman–Crippen LogP) is 1.34. The molecule has 0 heterocycles. The van der Waals surface area contributed by atoms with Crippen LogP contribution in [0.4, 0.5) is 0 Å². The van der Waals surface area contributed by atoms with E-state index in [0.717, 1.165) is 0 Å². The second-order valence-corrected chi connectivity index (χ2v) is 2.93. The van der Waals surface area contributed by atoms with E-state index in [-0.39, 0.29) is 12.4 Å². The van der Waals surface area contributed by atoms with E-state index in [1.54, 1.807) is 6.92 Å². The van der Waals surface area contributed by atoms with Crippen molar-refractivity contribution in [3.05, 3.63) is 18.2 Å². The number of carbonyl (C=O) groups excluding carboxylic acids is 1. The van der Waals surface area contributed by atoms with Crippen LogP contribution < -0.4 is 9.47 Å². The first-order chi connectivity index (χ1) is 7.67. The summed E-state index contributed by atoms with van der Waals surface area (Å²) in [6, 6.07) is 4.37. The Morgan fingerprint density at radius 3 is 2.75 bits per heavy atom. The minimum Gasteiger partial charge on any atom is -0.508 e. The molecule has 1 aromatic rings.